The van der Waals surface area contributed by atoms with Crippen molar-refractivity contribution < 1.29 is 14.3 Å². The monoisotopic (exact) mass is 477 g/mol. The molecule has 0 aliphatic carbocycles. The summed E-state index contributed by atoms with van der Waals surface area (Å²) in [6, 6.07) is 18.0. The molecule has 3 aromatic rings. The third-order valence-corrected chi connectivity index (χ3v) is 8.30. The fourth-order valence-corrected chi connectivity index (χ4v) is 5.28. The zero-order chi connectivity index (χ0) is 24.1. The topological polar surface area (TPSA) is 62.8 Å². The van der Waals surface area contributed by atoms with E-state index in [0.29, 0.717) is 6.61 Å². The van der Waals surface area contributed by atoms with Gasteiger partial charge in [-0.1, -0.05) is 61.2 Å². The maximum Gasteiger partial charge on any atom is 0.323 e. The molecule has 0 spiro atoms. The quantitative estimate of drug-likeness (QED) is 0.468. The van der Waals surface area contributed by atoms with Crippen molar-refractivity contribution in [2.75, 3.05) is 50.1 Å². The number of nitrogens with one attached hydrogen (secondary N) is 2. The molecule has 1 heterocycles. The number of hydrogen-bond donors (Lipinski definition) is 2. The molecule has 180 valence electrons. The minimum atomic E-state index is -1.47. The van der Waals surface area contributed by atoms with Crippen molar-refractivity contribution in [3.8, 4) is 5.75 Å². The third kappa shape index (κ3) is 5.97. The first-order valence-corrected chi connectivity index (χ1v) is 15.4. The summed E-state index contributed by atoms with van der Waals surface area (Å²) < 4.78 is 11.5. The van der Waals surface area contributed by atoms with Crippen molar-refractivity contribution in [2.24, 2.45) is 0 Å². The molecule has 0 radical (unpaired) electrons. The number of fused-ring (bicyclic) bond motifs is 1. The average molecular weight is 478 g/mol. The van der Waals surface area contributed by atoms with E-state index in [1.54, 1.807) is 0 Å². The maximum absolute atomic E-state index is 12.9. The highest BCUT2D eigenvalue weighted by Crippen LogP contribution is 2.32. The number of rotatable bonds is 7. The van der Waals surface area contributed by atoms with Crippen molar-refractivity contribution in [2.45, 2.75) is 26.6 Å². The van der Waals surface area contributed by atoms with E-state index in [-0.39, 0.29) is 6.03 Å². The second-order valence-corrected chi connectivity index (χ2v) is 14.9. The van der Waals surface area contributed by atoms with Crippen LogP contribution in [0.2, 0.25) is 19.6 Å². The van der Waals surface area contributed by atoms with Gasteiger partial charge < -0.3 is 20.1 Å². The second kappa shape index (κ2) is 10.6. The Hall–Kier alpha value is -2.87. The summed E-state index contributed by atoms with van der Waals surface area (Å²) in [6.07, 6.45) is 0. The van der Waals surface area contributed by atoms with Crippen molar-refractivity contribution >= 4 is 41.4 Å². The Labute approximate surface area is 203 Å². The summed E-state index contributed by atoms with van der Waals surface area (Å²) in [7, 11) is -1.47. The van der Waals surface area contributed by atoms with Crippen LogP contribution in [0.25, 0.3) is 10.8 Å². The molecule has 7 heteroatoms. The van der Waals surface area contributed by atoms with Crippen LogP contribution in [0.1, 0.15) is 5.56 Å². The summed E-state index contributed by atoms with van der Waals surface area (Å²) in [5.41, 5.74) is 2.66. The lowest BCUT2D eigenvalue weighted by atomic mass is 10.1. The number of hydrogen-bond acceptors (Lipinski definition) is 4. The molecule has 34 heavy (non-hydrogen) atoms. The molecule has 0 atom stereocenters. The van der Waals surface area contributed by atoms with Gasteiger partial charge in [0.1, 0.15) is 12.4 Å². The Morgan fingerprint density at radius 2 is 1.68 bits per heavy atom. The standard InChI is InChI=1S/C27H35N3O3Si/c1-20-9-10-21(34(2,3)4)19-25(20)29-27(31)28-24-11-12-26(23-8-6-5-7-22(23)24)33-18-15-30-13-16-32-17-14-30/h5-12,19H,13-18H2,1-4H3,(H2,28,29,31). The predicted molar refractivity (Wildman–Crippen MR) is 144 cm³/mol. The van der Waals surface area contributed by atoms with E-state index in [9.17, 15) is 4.79 Å². The van der Waals surface area contributed by atoms with Gasteiger partial charge in [-0.15, -0.1) is 0 Å². The Morgan fingerprint density at radius 1 is 0.971 bits per heavy atom. The molecule has 1 aliphatic heterocycles. The van der Waals surface area contributed by atoms with Crippen LogP contribution in [0.5, 0.6) is 5.75 Å². The summed E-state index contributed by atoms with van der Waals surface area (Å²) >= 11 is 0. The van der Waals surface area contributed by atoms with Gasteiger partial charge in [0.05, 0.1) is 27.0 Å². The van der Waals surface area contributed by atoms with Crippen LogP contribution in [-0.2, 0) is 4.74 Å². The summed E-state index contributed by atoms with van der Waals surface area (Å²) in [5, 5.41) is 9.34. The van der Waals surface area contributed by atoms with Crippen LogP contribution in [0.4, 0.5) is 16.2 Å². The molecule has 1 aliphatic rings. The highest BCUT2D eigenvalue weighted by molar-refractivity contribution is 6.88. The minimum Gasteiger partial charge on any atom is -0.492 e. The Balaban J connectivity index is 1.46. The smallest absolute Gasteiger partial charge is 0.323 e. The van der Waals surface area contributed by atoms with Crippen molar-refractivity contribution in [3.05, 3.63) is 60.2 Å². The van der Waals surface area contributed by atoms with Crippen LogP contribution < -0.4 is 20.6 Å². The number of urea groups is 1. The van der Waals surface area contributed by atoms with Crippen LogP contribution in [-0.4, -0.2) is 58.5 Å². The van der Waals surface area contributed by atoms with Crippen LogP contribution in [0.15, 0.2) is 54.6 Å². The lowest BCUT2D eigenvalue weighted by molar-refractivity contribution is 0.0323. The zero-order valence-corrected chi connectivity index (χ0v) is 21.6. The van der Waals surface area contributed by atoms with Crippen LogP contribution >= 0.6 is 0 Å². The number of ether oxygens (including phenoxy) is 2. The van der Waals surface area contributed by atoms with Gasteiger partial charge in [-0.25, -0.2) is 4.79 Å². The number of aryl methyl sites for hydroxylation is 1. The SMILES string of the molecule is Cc1ccc([Si](C)(C)C)cc1NC(=O)Nc1ccc(OCCN2CCOCC2)c2ccccc12. The first-order chi connectivity index (χ1) is 16.3. The van der Waals surface area contributed by atoms with E-state index in [1.165, 1.54) is 5.19 Å². The van der Waals surface area contributed by atoms with E-state index in [2.05, 4.69) is 53.4 Å². The third-order valence-electron chi connectivity index (χ3n) is 6.25. The van der Waals surface area contributed by atoms with Crippen molar-refractivity contribution in [1.82, 2.24) is 4.90 Å². The molecular weight excluding hydrogens is 442 g/mol. The first-order valence-electron chi connectivity index (χ1n) is 11.9. The summed E-state index contributed by atoms with van der Waals surface area (Å²) in [6.45, 7) is 13.9. The van der Waals surface area contributed by atoms with Gasteiger partial charge in [0.2, 0.25) is 0 Å². The second-order valence-electron chi connectivity index (χ2n) is 9.82. The fraction of sp³-hybridized carbons (Fsp3) is 0.370. The van der Waals surface area contributed by atoms with E-state index in [0.717, 1.165) is 66.3 Å². The number of benzene rings is 3. The van der Waals surface area contributed by atoms with Crippen molar-refractivity contribution in [3.63, 3.8) is 0 Å². The van der Waals surface area contributed by atoms with Gasteiger partial charge in [0.15, 0.2) is 0 Å². The lowest BCUT2D eigenvalue weighted by Gasteiger charge is -2.26. The molecule has 2 amide bonds. The predicted octanol–water partition coefficient (Wildman–Crippen LogP) is 5.05. The van der Waals surface area contributed by atoms with E-state index >= 15 is 0 Å². The van der Waals surface area contributed by atoms with Gasteiger partial charge >= 0.3 is 6.03 Å². The fourth-order valence-electron chi connectivity index (χ4n) is 4.11. The van der Waals surface area contributed by atoms with Crippen molar-refractivity contribution in [1.29, 1.82) is 0 Å². The molecule has 0 bridgehead atoms. The molecule has 0 saturated carbocycles. The summed E-state index contributed by atoms with van der Waals surface area (Å²) in [4.78, 5) is 15.3. The van der Waals surface area contributed by atoms with Gasteiger partial charge in [0.25, 0.3) is 0 Å². The van der Waals surface area contributed by atoms with Gasteiger partial charge in [-0.05, 0) is 30.7 Å². The van der Waals surface area contributed by atoms with Crippen LogP contribution in [0.3, 0.4) is 0 Å². The Bertz CT molecular complexity index is 1150. The molecule has 4 rings (SSSR count). The number of nitrogens with zero attached hydrogens (tertiary/aromatic N) is 1. The number of anilines is 2. The van der Waals surface area contributed by atoms with Gasteiger partial charge in [-0.3, -0.25) is 4.90 Å². The lowest BCUT2D eigenvalue weighted by Crippen LogP contribution is -2.38. The first kappa shape index (κ1) is 24.3. The maximum atomic E-state index is 12.9. The summed E-state index contributed by atoms with van der Waals surface area (Å²) in [5.74, 6) is 0.827. The van der Waals surface area contributed by atoms with E-state index in [1.807, 2.05) is 43.3 Å². The highest BCUT2D eigenvalue weighted by Gasteiger charge is 2.18. The normalized spacial score (nSPS) is 14.7. The molecule has 0 aromatic heterocycles. The molecular formula is C27H35N3O3Si. The molecule has 6 nitrogen and oxygen atoms in total. The molecule has 3 aromatic carbocycles. The molecule has 1 saturated heterocycles. The Morgan fingerprint density at radius 3 is 2.41 bits per heavy atom. The van der Waals surface area contributed by atoms with E-state index < -0.39 is 8.07 Å². The average Bonchev–Trinajstić information content (AvgIpc) is 2.82. The number of morpholine rings is 1. The number of amides is 2. The molecule has 1 fully saturated rings. The van der Waals surface area contributed by atoms with Gasteiger partial charge in [0, 0.05) is 36.1 Å². The number of carbonyl (C=O) groups excluding carboxylic acids is 1. The zero-order valence-electron chi connectivity index (χ0n) is 20.6. The van der Waals surface area contributed by atoms with E-state index in [4.69, 9.17) is 9.47 Å². The highest BCUT2D eigenvalue weighted by atomic mass is 28.3. The van der Waals surface area contributed by atoms with Crippen LogP contribution in [0, 0.1) is 6.92 Å². The number of carbonyl (C=O) groups is 1. The molecule has 2 N–H and O–H groups in total. The largest absolute Gasteiger partial charge is 0.492 e. The van der Waals surface area contributed by atoms with Gasteiger partial charge in [-0.2, -0.15) is 0 Å². The molecule has 0 unspecified atom stereocenters. The minimum absolute atomic E-state index is 0.248. The Kier molecular flexibility index (Phi) is 7.56.